The van der Waals surface area contributed by atoms with Crippen LogP contribution in [0.25, 0.3) is 25.8 Å². The molecule has 19 heavy (non-hydrogen) atoms. The Bertz CT molecular complexity index is 685. The van der Waals surface area contributed by atoms with Gasteiger partial charge in [-0.1, -0.05) is 42.5 Å². The van der Waals surface area contributed by atoms with Gasteiger partial charge in [0.15, 0.2) is 0 Å². The molecule has 2 aromatic heterocycles. The molecule has 2 heteroatoms. The van der Waals surface area contributed by atoms with E-state index >= 15 is 0 Å². The molecule has 0 atom stereocenters. The summed E-state index contributed by atoms with van der Waals surface area (Å²) in [6, 6.07) is 17.3. The third-order valence-electron chi connectivity index (χ3n) is 3.03. The van der Waals surface area contributed by atoms with Crippen LogP contribution in [-0.2, 0) is 0 Å². The largest absolute Gasteiger partial charge is 0.143 e. The van der Waals surface area contributed by atoms with Crippen molar-refractivity contribution in [2.45, 2.75) is 6.92 Å². The molecule has 0 radical (unpaired) electrons. The minimum Gasteiger partial charge on any atom is -0.143 e. The van der Waals surface area contributed by atoms with Gasteiger partial charge >= 0.3 is 0 Å². The Morgan fingerprint density at radius 1 is 0.895 bits per heavy atom. The summed E-state index contributed by atoms with van der Waals surface area (Å²) in [6.45, 7) is 6.01. The number of thiophene rings is 2. The third-order valence-corrected chi connectivity index (χ3v) is 5.23. The number of allylic oxidation sites excluding steroid dienone is 1. The van der Waals surface area contributed by atoms with Crippen molar-refractivity contribution in [2.75, 3.05) is 0 Å². The molecule has 0 nitrogen and oxygen atoms in total. The van der Waals surface area contributed by atoms with Crippen LogP contribution >= 0.6 is 22.7 Å². The zero-order chi connectivity index (χ0) is 13.2. The molecular formula is C17H14S2. The number of benzene rings is 1. The molecule has 0 N–H and O–H groups in total. The Labute approximate surface area is 121 Å². The second kappa shape index (κ2) is 5.16. The predicted octanol–water partition coefficient (Wildman–Crippen LogP) is 6.18. The molecule has 0 amide bonds. The summed E-state index contributed by atoms with van der Waals surface area (Å²) in [5, 5.41) is 2.12. The molecular weight excluding hydrogens is 268 g/mol. The molecule has 0 aliphatic rings. The van der Waals surface area contributed by atoms with Crippen LogP contribution in [0.1, 0.15) is 12.5 Å². The molecule has 1 aromatic carbocycles. The normalized spacial score (nSPS) is 10.6. The molecule has 0 unspecified atom stereocenters. The monoisotopic (exact) mass is 282 g/mol. The summed E-state index contributed by atoms with van der Waals surface area (Å²) < 4.78 is 0. The van der Waals surface area contributed by atoms with Crippen LogP contribution in [-0.4, -0.2) is 0 Å². The van der Waals surface area contributed by atoms with E-state index in [2.05, 4.69) is 60.5 Å². The molecule has 0 saturated heterocycles. The highest BCUT2D eigenvalue weighted by atomic mass is 32.1. The Morgan fingerprint density at radius 2 is 1.63 bits per heavy atom. The number of hydrogen-bond acceptors (Lipinski definition) is 2. The minimum absolute atomic E-state index is 1.11. The van der Waals surface area contributed by atoms with Gasteiger partial charge in [-0.05, 0) is 41.6 Å². The predicted molar refractivity (Wildman–Crippen MR) is 87.8 cm³/mol. The van der Waals surface area contributed by atoms with Gasteiger partial charge in [0.1, 0.15) is 0 Å². The topological polar surface area (TPSA) is 0 Å². The van der Waals surface area contributed by atoms with Crippen molar-refractivity contribution in [1.82, 2.24) is 0 Å². The fourth-order valence-electron chi connectivity index (χ4n) is 1.96. The molecule has 0 spiro atoms. The fraction of sp³-hybridized carbons (Fsp3) is 0.0588. The van der Waals surface area contributed by atoms with Crippen LogP contribution < -0.4 is 0 Å². The number of hydrogen-bond donors (Lipinski definition) is 0. The highest BCUT2D eigenvalue weighted by Gasteiger charge is 2.05. The molecule has 2 heterocycles. The maximum Gasteiger partial charge on any atom is 0.0449 e. The van der Waals surface area contributed by atoms with Gasteiger partial charge in [0, 0.05) is 14.6 Å². The lowest BCUT2D eigenvalue weighted by Gasteiger charge is -2.01. The van der Waals surface area contributed by atoms with Gasteiger partial charge in [-0.2, -0.15) is 0 Å². The van der Waals surface area contributed by atoms with E-state index < -0.39 is 0 Å². The van der Waals surface area contributed by atoms with Crippen molar-refractivity contribution >= 4 is 28.2 Å². The van der Waals surface area contributed by atoms with Crippen LogP contribution in [0.2, 0.25) is 0 Å². The van der Waals surface area contributed by atoms with Gasteiger partial charge < -0.3 is 0 Å². The van der Waals surface area contributed by atoms with Crippen molar-refractivity contribution in [3.05, 3.63) is 66.1 Å². The molecule has 3 aromatic rings. The Morgan fingerprint density at radius 3 is 2.26 bits per heavy atom. The van der Waals surface area contributed by atoms with E-state index in [1.165, 1.54) is 25.8 Å². The number of rotatable bonds is 3. The van der Waals surface area contributed by atoms with Crippen LogP contribution in [0.15, 0.2) is 60.5 Å². The lowest BCUT2D eigenvalue weighted by Crippen LogP contribution is -1.77. The first-order valence-electron chi connectivity index (χ1n) is 6.14. The Balaban J connectivity index is 1.92. The Hall–Kier alpha value is -1.64. The first kappa shape index (κ1) is 12.4. The van der Waals surface area contributed by atoms with E-state index in [1.807, 2.05) is 18.3 Å². The zero-order valence-electron chi connectivity index (χ0n) is 10.7. The molecule has 0 saturated carbocycles. The summed E-state index contributed by atoms with van der Waals surface area (Å²) in [7, 11) is 0. The van der Waals surface area contributed by atoms with Gasteiger partial charge in [0.05, 0.1) is 0 Å². The van der Waals surface area contributed by atoms with Gasteiger partial charge in [-0.25, -0.2) is 0 Å². The average molecular weight is 282 g/mol. The van der Waals surface area contributed by atoms with Crippen LogP contribution in [0.4, 0.5) is 0 Å². The quantitative estimate of drug-likeness (QED) is 0.538. The first-order chi connectivity index (χ1) is 9.24. The van der Waals surface area contributed by atoms with Gasteiger partial charge in [0.25, 0.3) is 0 Å². The van der Waals surface area contributed by atoms with E-state index in [9.17, 15) is 0 Å². The van der Waals surface area contributed by atoms with Gasteiger partial charge in [-0.15, -0.1) is 22.7 Å². The maximum absolute atomic E-state index is 3.97. The van der Waals surface area contributed by atoms with Crippen molar-refractivity contribution < 1.29 is 0 Å². The maximum atomic E-state index is 3.97. The van der Waals surface area contributed by atoms with Gasteiger partial charge in [0.2, 0.25) is 0 Å². The molecule has 0 bridgehead atoms. The summed E-state index contributed by atoms with van der Waals surface area (Å²) in [5.74, 6) is 0. The van der Waals surface area contributed by atoms with E-state index in [0.29, 0.717) is 0 Å². The molecule has 0 fully saturated rings. The lowest BCUT2D eigenvalue weighted by molar-refractivity contribution is 1.58. The highest BCUT2D eigenvalue weighted by molar-refractivity contribution is 7.23. The summed E-state index contributed by atoms with van der Waals surface area (Å²) in [6.07, 6.45) is 0. The molecule has 94 valence electrons. The van der Waals surface area contributed by atoms with Crippen LogP contribution in [0.5, 0.6) is 0 Å². The average Bonchev–Trinajstić information content (AvgIpc) is 3.10. The third kappa shape index (κ3) is 2.55. The van der Waals surface area contributed by atoms with Crippen molar-refractivity contribution in [1.29, 1.82) is 0 Å². The van der Waals surface area contributed by atoms with Crippen LogP contribution in [0.3, 0.4) is 0 Å². The van der Waals surface area contributed by atoms with E-state index in [4.69, 9.17) is 0 Å². The molecule has 0 aliphatic carbocycles. The second-order valence-corrected chi connectivity index (χ2v) is 6.53. The van der Waals surface area contributed by atoms with Crippen LogP contribution in [0, 0.1) is 0 Å². The van der Waals surface area contributed by atoms with Crippen molar-refractivity contribution in [3.63, 3.8) is 0 Å². The fourth-order valence-corrected chi connectivity index (χ4v) is 3.81. The van der Waals surface area contributed by atoms with E-state index in [0.717, 1.165) is 5.57 Å². The molecule has 0 aliphatic heterocycles. The summed E-state index contributed by atoms with van der Waals surface area (Å²) >= 11 is 3.64. The Kier molecular flexibility index (Phi) is 3.36. The standard InChI is InChI=1S/C17H14S2/c1-12(2)13-5-7-14(8-6-13)15-9-10-17(19-15)16-4-3-11-18-16/h3-11H,1H2,2H3. The molecule has 3 rings (SSSR count). The van der Waals surface area contributed by atoms with Gasteiger partial charge in [-0.3, -0.25) is 0 Å². The zero-order valence-corrected chi connectivity index (χ0v) is 12.4. The lowest BCUT2D eigenvalue weighted by atomic mass is 10.1. The van der Waals surface area contributed by atoms with Crippen molar-refractivity contribution in [3.8, 4) is 20.2 Å². The SMILES string of the molecule is C=C(C)c1ccc(-c2ccc(-c3cccs3)s2)cc1. The van der Waals surface area contributed by atoms with Crippen molar-refractivity contribution in [2.24, 2.45) is 0 Å². The smallest absolute Gasteiger partial charge is 0.0449 e. The van der Waals surface area contributed by atoms with E-state index in [1.54, 1.807) is 11.3 Å². The first-order valence-corrected chi connectivity index (χ1v) is 7.84. The summed E-state index contributed by atoms with van der Waals surface area (Å²) in [4.78, 5) is 4.00. The second-order valence-electron chi connectivity index (χ2n) is 4.50. The summed E-state index contributed by atoms with van der Waals surface area (Å²) in [5.41, 5.74) is 3.59. The van der Waals surface area contributed by atoms with E-state index in [-0.39, 0.29) is 0 Å². The highest BCUT2D eigenvalue weighted by Crippen LogP contribution is 2.36. The minimum atomic E-state index is 1.11.